The molecular formula is C18H25N3O3S. The second-order valence-corrected chi connectivity index (χ2v) is 8.49. The summed E-state index contributed by atoms with van der Waals surface area (Å²) in [6.45, 7) is 2.19. The molecule has 1 heterocycles. The molecule has 0 unspecified atom stereocenters. The standard InChI is InChI=1S/C18H25N3O3S/c1-2-25(22,23)20-18-6-4-3-5-15(18)13-24-17-9-7-16(8-10-17)21-12-11-19-14-21/h7-12,14-15,18,20H,2-6,13H2,1H3/t15-,18+/m1/s1. The number of nitrogens with one attached hydrogen (secondary N) is 1. The van der Waals surface area contributed by atoms with Crippen molar-refractivity contribution in [1.29, 1.82) is 0 Å². The summed E-state index contributed by atoms with van der Waals surface area (Å²) in [7, 11) is -3.18. The van der Waals surface area contributed by atoms with E-state index in [0.717, 1.165) is 37.1 Å². The fraction of sp³-hybridized carbons (Fsp3) is 0.500. The van der Waals surface area contributed by atoms with E-state index in [1.54, 1.807) is 19.4 Å². The summed E-state index contributed by atoms with van der Waals surface area (Å²) in [6.07, 6.45) is 9.44. The van der Waals surface area contributed by atoms with Crippen molar-refractivity contribution in [2.45, 2.75) is 38.6 Å². The summed E-state index contributed by atoms with van der Waals surface area (Å²) >= 11 is 0. The summed E-state index contributed by atoms with van der Waals surface area (Å²) in [5.41, 5.74) is 1.02. The molecule has 1 N–H and O–H groups in total. The summed E-state index contributed by atoms with van der Waals surface area (Å²) in [4.78, 5) is 4.04. The van der Waals surface area contributed by atoms with Crippen LogP contribution in [-0.4, -0.2) is 36.4 Å². The van der Waals surface area contributed by atoms with Crippen LogP contribution in [0.2, 0.25) is 0 Å². The Kier molecular flexibility index (Phi) is 5.75. The molecule has 1 aromatic carbocycles. The number of imidazole rings is 1. The second-order valence-electron chi connectivity index (χ2n) is 6.45. The minimum absolute atomic E-state index is 0.0241. The van der Waals surface area contributed by atoms with Crippen LogP contribution >= 0.6 is 0 Å². The monoisotopic (exact) mass is 363 g/mol. The predicted octanol–water partition coefficient (Wildman–Crippen LogP) is 2.75. The molecule has 1 saturated carbocycles. The molecule has 3 rings (SSSR count). The Morgan fingerprint density at radius 3 is 2.68 bits per heavy atom. The fourth-order valence-electron chi connectivity index (χ4n) is 3.21. The first-order valence-corrected chi connectivity index (χ1v) is 10.4. The van der Waals surface area contributed by atoms with Gasteiger partial charge in [-0.25, -0.2) is 18.1 Å². The van der Waals surface area contributed by atoms with Crippen molar-refractivity contribution < 1.29 is 13.2 Å². The van der Waals surface area contributed by atoms with Crippen molar-refractivity contribution in [2.75, 3.05) is 12.4 Å². The predicted molar refractivity (Wildman–Crippen MR) is 97.4 cm³/mol. The molecule has 7 heteroatoms. The van der Waals surface area contributed by atoms with Crippen molar-refractivity contribution in [3.63, 3.8) is 0 Å². The zero-order valence-corrected chi connectivity index (χ0v) is 15.3. The molecule has 0 aliphatic heterocycles. The van der Waals surface area contributed by atoms with E-state index in [-0.39, 0.29) is 17.7 Å². The largest absolute Gasteiger partial charge is 0.493 e. The van der Waals surface area contributed by atoms with E-state index >= 15 is 0 Å². The number of ether oxygens (including phenoxy) is 1. The maximum absolute atomic E-state index is 11.9. The van der Waals surface area contributed by atoms with Crippen molar-refractivity contribution >= 4 is 10.0 Å². The first kappa shape index (κ1) is 17.9. The maximum Gasteiger partial charge on any atom is 0.211 e. The van der Waals surface area contributed by atoms with Gasteiger partial charge in [0.1, 0.15) is 5.75 Å². The van der Waals surface area contributed by atoms with Gasteiger partial charge in [-0.05, 0) is 44.0 Å². The lowest BCUT2D eigenvalue weighted by Crippen LogP contribution is -2.44. The lowest BCUT2D eigenvalue weighted by Gasteiger charge is -2.31. The van der Waals surface area contributed by atoms with Crippen molar-refractivity contribution in [2.24, 2.45) is 5.92 Å². The maximum atomic E-state index is 11.9. The third-order valence-electron chi connectivity index (χ3n) is 4.72. The van der Waals surface area contributed by atoms with Crippen LogP contribution < -0.4 is 9.46 Å². The van der Waals surface area contributed by atoms with Crippen LogP contribution in [0.3, 0.4) is 0 Å². The minimum atomic E-state index is -3.18. The average molecular weight is 363 g/mol. The Morgan fingerprint density at radius 2 is 2.00 bits per heavy atom. The minimum Gasteiger partial charge on any atom is -0.493 e. The molecule has 2 aromatic rings. The molecule has 0 amide bonds. The topological polar surface area (TPSA) is 73.2 Å². The molecule has 1 aliphatic rings. The van der Waals surface area contributed by atoms with E-state index in [2.05, 4.69) is 9.71 Å². The fourth-order valence-corrected chi connectivity index (χ4v) is 4.14. The highest BCUT2D eigenvalue weighted by Gasteiger charge is 2.28. The van der Waals surface area contributed by atoms with Gasteiger partial charge < -0.3 is 9.30 Å². The molecule has 1 aliphatic carbocycles. The number of hydrogen-bond donors (Lipinski definition) is 1. The Morgan fingerprint density at radius 1 is 1.24 bits per heavy atom. The van der Waals surface area contributed by atoms with Crippen LogP contribution in [-0.2, 0) is 10.0 Å². The van der Waals surface area contributed by atoms with Gasteiger partial charge in [0, 0.05) is 30.0 Å². The molecular weight excluding hydrogens is 338 g/mol. The smallest absolute Gasteiger partial charge is 0.211 e. The van der Waals surface area contributed by atoms with E-state index in [0.29, 0.717) is 6.61 Å². The van der Waals surface area contributed by atoms with Crippen LogP contribution in [0.15, 0.2) is 43.0 Å². The van der Waals surface area contributed by atoms with Crippen LogP contribution in [0, 0.1) is 5.92 Å². The molecule has 6 nitrogen and oxygen atoms in total. The first-order chi connectivity index (χ1) is 12.1. The number of nitrogens with zero attached hydrogens (tertiary/aromatic N) is 2. The highest BCUT2D eigenvalue weighted by atomic mass is 32.2. The van der Waals surface area contributed by atoms with Crippen molar-refractivity contribution in [3.8, 4) is 11.4 Å². The molecule has 1 fully saturated rings. The van der Waals surface area contributed by atoms with Crippen molar-refractivity contribution in [1.82, 2.24) is 14.3 Å². The summed E-state index contributed by atoms with van der Waals surface area (Å²) in [6, 6.07) is 7.81. The van der Waals surface area contributed by atoms with Gasteiger partial charge in [0.05, 0.1) is 18.7 Å². The molecule has 0 saturated heterocycles. The lowest BCUT2D eigenvalue weighted by atomic mass is 9.86. The number of sulfonamides is 1. The molecule has 1 aromatic heterocycles. The van der Waals surface area contributed by atoms with Crippen LogP contribution in [0.25, 0.3) is 5.69 Å². The number of aromatic nitrogens is 2. The van der Waals surface area contributed by atoms with Gasteiger partial charge in [0.2, 0.25) is 10.0 Å². The zero-order chi connectivity index (χ0) is 17.7. The summed E-state index contributed by atoms with van der Waals surface area (Å²) < 4.78 is 34.5. The Hall–Kier alpha value is -1.86. The summed E-state index contributed by atoms with van der Waals surface area (Å²) in [5.74, 6) is 1.13. The number of hydrogen-bond acceptors (Lipinski definition) is 4. The highest BCUT2D eigenvalue weighted by Crippen LogP contribution is 2.26. The molecule has 25 heavy (non-hydrogen) atoms. The molecule has 136 valence electrons. The van der Waals surface area contributed by atoms with E-state index in [9.17, 15) is 8.42 Å². The van der Waals surface area contributed by atoms with Gasteiger partial charge >= 0.3 is 0 Å². The van der Waals surface area contributed by atoms with Gasteiger partial charge in [-0.1, -0.05) is 12.8 Å². The third kappa shape index (κ3) is 4.83. The van der Waals surface area contributed by atoms with Gasteiger partial charge in [0.15, 0.2) is 0 Å². The second kappa shape index (κ2) is 8.01. The first-order valence-electron chi connectivity index (χ1n) is 8.78. The van der Waals surface area contributed by atoms with Crippen LogP contribution in [0.4, 0.5) is 0 Å². The Balaban J connectivity index is 1.59. The summed E-state index contributed by atoms with van der Waals surface area (Å²) in [5, 5.41) is 0. The van der Waals surface area contributed by atoms with E-state index < -0.39 is 10.0 Å². The van der Waals surface area contributed by atoms with Gasteiger partial charge in [-0.2, -0.15) is 0 Å². The normalized spacial score (nSPS) is 21.2. The zero-order valence-electron chi connectivity index (χ0n) is 14.5. The lowest BCUT2D eigenvalue weighted by molar-refractivity contribution is 0.180. The average Bonchev–Trinajstić information content (AvgIpc) is 3.16. The van der Waals surface area contributed by atoms with E-state index in [1.165, 1.54) is 0 Å². The van der Waals surface area contributed by atoms with E-state index in [1.807, 2.05) is 35.0 Å². The number of benzene rings is 1. The Labute approximate surface area is 149 Å². The molecule has 0 bridgehead atoms. The molecule has 2 atom stereocenters. The quantitative estimate of drug-likeness (QED) is 0.821. The van der Waals surface area contributed by atoms with Crippen molar-refractivity contribution in [3.05, 3.63) is 43.0 Å². The van der Waals surface area contributed by atoms with Gasteiger partial charge in [0.25, 0.3) is 0 Å². The SMILES string of the molecule is CCS(=O)(=O)N[C@H]1CCCC[C@@H]1COc1ccc(-n2ccnc2)cc1. The highest BCUT2D eigenvalue weighted by molar-refractivity contribution is 7.89. The molecule has 0 radical (unpaired) electrons. The molecule has 0 spiro atoms. The van der Waals surface area contributed by atoms with Gasteiger partial charge in [-0.3, -0.25) is 0 Å². The number of rotatable bonds is 7. The van der Waals surface area contributed by atoms with Crippen LogP contribution in [0.1, 0.15) is 32.6 Å². The van der Waals surface area contributed by atoms with Gasteiger partial charge in [-0.15, -0.1) is 0 Å². The van der Waals surface area contributed by atoms with E-state index in [4.69, 9.17) is 4.74 Å². The third-order valence-corrected chi connectivity index (χ3v) is 6.15. The van der Waals surface area contributed by atoms with Crippen LogP contribution in [0.5, 0.6) is 5.75 Å². The Bertz CT molecular complexity index is 757.